The number of allylic oxidation sites excluding steroid dienone is 6. The van der Waals surface area contributed by atoms with Crippen LogP contribution in [0.5, 0.6) is 0 Å². The minimum absolute atomic E-state index is 0.00621. The minimum atomic E-state index is -2.63. The largest absolute Gasteiger partial charge is 0.456 e. The number of cyclic esters (lactones) is 2. The average molecular weight is 1580 g/mol. The number of carbonyl (C=O) groups excluding carboxylic acids is 8. The van der Waals surface area contributed by atoms with E-state index in [0.717, 1.165) is 20.9 Å². The van der Waals surface area contributed by atoms with E-state index in [1.165, 1.54) is 42.7 Å². The Balaban J connectivity index is 1.13. The molecule has 6 fully saturated rings. The lowest BCUT2D eigenvalue weighted by Crippen LogP contribution is -2.64. The summed E-state index contributed by atoms with van der Waals surface area (Å²) in [5.74, 6) is -18.0. The Morgan fingerprint density at radius 2 is 0.795 bits per heavy atom. The van der Waals surface area contributed by atoms with Crippen molar-refractivity contribution in [2.45, 2.75) is 332 Å². The van der Waals surface area contributed by atoms with E-state index in [4.69, 9.17) is 47.4 Å². The van der Waals surface area contributed by atoms with E-state index in [1.807, 2.05) is 52.0 Å². The highest BCUT2D eigenvalue weighted by molar-refractivity contribution is 6.39. The number of ketones is 4. The Kier molecular flexibility index (Phi) is 34.6. The molecular formula is C86H136N2O24. The molecule has 0 aromatic rings. The van der Waals surface area contributed by atoms with E-state index in [-0.39, 0.29) is 99.7 Å². The van der Waals surface area contributed by atoms with Gasteiger partial charge in [-0.3, -0.25) is 28.8 Å². The summed E-state index contributed by atoms with van der Waals surface area (Å²) >= 11 is 0. The number of nitrogens with zero attached hydrogens (tertiary/aromatic N) is 2. The number of unbranched alkanes of at least 4 members (excludes halogenated alkanes) is 1. The molecule has 26 nitrogen and oxygen atoms in total. The van der Waals surface area contributed by atoms with Gasteiger partial charge in [-0.25, -0.2) is 9.59 Å². The van der Waals surface area contributed by atoms with Gasteiger partial charge in [-0.2, -0.15) is 0 Å². The van der Waals surface area contributed by atoms with Crippen molar-refractivity contribution in [3.63, 3.8) is 0 Å². The molecular weight excluding hydrogens is 1440 g/mol. The number of amides is 2. The first-order chi connectivity index (χ1) is 53.1. The number of hydrogen-bond acceptors (Lipinski definition) is 24. The summed E-state index contributed by atoms with van der Waals surface area (Å²) in [5.41, 5.74) is 2.82. The van der Waals surface area contributed by atoms with Gasteiger partial charge in [0.2, 0.25) is 11.6 Å². The van der Waals surface area contributed by atoms with Crippen molar-refractivity contribution >= 4 is 46.9 Å². The van der Waals surface area contributed by atoms with Crippen molar-refractivity contribution in [2.75, 3.05) is 55.7 Å². The van der Waals surface area contributed by atoms with Crippen LogP contribution in [0, 0.1) is 59.2 Å². The highest BCUT2D eigenvalue weighted by Gasteiger charge is 2.59. The number of Topliss-reactive ketones (excluding diaryl/α,β-unsaturated/α-hetero) is 4. The van der Waals surface area contributed by atoms with Crippen molar-refractivity contribution in [1.82, 2.24) is 9.80 Å². The smallest absolute Gasteiger partial charge is 0.329 e. The van der Waals surface area contributed by atoms with E-state index in [0.29, 0.717) is 114 Å². The summed E-state index contributed by atoms with van der Waals surface area (Å²) in [5, 5.41) is 71.5. The molecule has 28 atom stereocenters. The van der Waals surface area contributed by atoms with Crippen molar-refractivity contribution in [3.8, 4) is 0 Å². The molecule has 8 rings (SSSR count). The van der Waals surface area contributed by atoms with Gasteiger partial charge >= 0.3 is 11.9 Å². The van der Waals surface area contributed by atoms with Crippen LogP contribution in [0.4, 0.5) is 0 Å². The number of carbonyl (C=O) groups is 8. The van der Waals surface area contributed by atoms with Crippen LogP contribution in [0.1, 0.15) is 223 Å². The first-order valence-corrected chi connectivity index (χ1v) is 41.6. The number of esters is 2. The van der Waals surface area contributed by atoms with Gasteiger partial charge in [0.05, 0.1) is 61.0 Å². The van der Waals surface area contributed by atoms with Gasteiger partial charge < -0.3 is 87.8 Å². The van der Waals surface area contributed by atoms with Gasteiger partial charge in [-0.15, -0.1) is 0 Å². The lowest BCUT2D eigenvalue weighted by molar-refractivity contribution is -0.302. The fourth-order valence-corrected chi connectivity index (χ4v) is 19.3. The average Bonchev–Trinajstić information content (AvgIpc) is 0.788. The lowest BCUT2D eigenvalue weighted by atomic mass is 9.81. The number of piperidine rings is 2. The van der Waals surface area contributed by atoms with Crippen molar-refractivity contribution in [1.29, 1.82) is 0 Å². The summed E-state index contributed by atoms with van der Waals surface area (Å²) in [6.07, 6.45) is 3.22. The third kappa shape index (κ3) is 22.6. The van der Waals surface area contributed by atoms with E-state index >= 15 is 9.59 Å². The zero-order valence-electron chi connectivity index (χ0n) is 69.6. The van der Waals surface area contributed by atoms with Crippen molar-refractivity contribution in [2.24, 2.45) is 59.2 Å². The molecule has 6 aliphatic heterocycles. The van der Waals surface area contributed by atoms with Gasteiger partial charge in [-0.1, -0.05) is 89.8 Å². The molecule has 634 valence electrons. The number of rotatable bonds is 15. The zero-order chi connectivity index (χ0) is 82.4. The van der Waals surface area contributed by atoms with E-state index in [2.05, 4.69) is 0 Å². The number of aliphatic hydroxyl groups is 6. The van der Waals surface area contributed by atoms with Gasteiger partial charge in [0, 0.05) is 104 Å². The van der Waals surface area contributed by atoms with E-state index in [9.17, 15) is 59.4 Å². The summed E-state index contributed by atoms with van der Waals surface area (Å²) in [7, 11) is 9.07. The predicted octanol–water partition coefficient (Wildman–Crippen LogP) is 8.70. The van der Waals surface area contributed by atoms with Crippen LogP contribution in [0.15, 0.2) is 46.6 Å². The fraction of sp³-hybridized carbons (Fsp3) is 0.814. The first kappa shape index (κ1) is 92.5. The molecule has 0 aromatic heterocycles. The van der Waals surface area contributed by atoms with Gasteiger partial charge in [-0.05, 0) is 191 Å². The van der Waals surface area contributed by atoms with Crippen LogP contribution in [0.2, 0.25) is 0 Å². The van der Waals surface area contributed by atoms with Crippen LogP contribution in [0.25, 0.3) is 0 Å². The van der Waals surface area contributed by atoms with E-state index < -0.39 is 180 Å². The maximum Gasteiger partial charge on any atom is 0.329 e. The quantitative estimate of drug-likeness (QED) is 0.0386. The summed E-state index contributed by atoms with van der Waals surface area (Å²) < 4.78 is 61.3. The molecule has 0 unspecified atom stereocenters. The number of methoxy groups -OCH3 is 6. The van der Waals surface area contributed by atoms with Crippen LogP contribution in [-0.4, -0.2) is 252 Å². The normalized spacial score (nSPS) is 41.7. The topological polar surface area (TPSA) is 357 Å². The Morgan fingerprint density at radius 3 is 1.13 bits per heavy atom. The maximum absolute atomic E-state index is 15.4. The standard InChI is InChI=1S/C86H136N2O24/c1-47-33-49(3)37-71(105-13)77-73(107-15)41-53(7)85(101,111-77)79(95)81(97)87-31-21-19-25-61(87)83(99)109-75(51(5)39-57-27-29-63(89)69(43-57)103-11)55(9)65(91)45-67(93)59(35-47)23-17-18-24-60-36-48(2)34-50(4)38-72(106-14)78-74(108-16)42-54(8)86(102,112-78)80(96)82(98)88-32-22-20-26-62(88)84(100)110-76(56(10)66(92)46-68(60)94)52(6)40-58-28-30-64(90)70(44-58)104-12/h35-36,39-40,49-50,53-66,69-78,89-92,101-102H,17-34,37-38,41-46H2,1-16H3/b47-35-,48-36+,51-39+,52-40+/t49-,50-,53+,54+,55+,56+,57-,58-,59+,60+,61-,62-,63+,64+,65-,66-,69+,70+,71-,72-,73-,74-,75+,76+,77+,78+,85+,86+/m0/s1. The molecule has 0 aromatic carbocycles. The maximum atomic E-state index is 15.4. The molecule has 2 amide bonds. The number of ether oxygens (including phenoxy) is 10. The minimum Gasteiger partial charge on any atom is -0.456 e. The number of aliphatic hydroxyl groups excluding tert-OH is 4. The SMILES string of the molecule is CO[C@H]1C[C@@H](C)C/C(C)=C\[C@@H](CCCC[C@@H]2/C=C(\C)C[C@H](C)C[C@H](OC)[C@H]3O[C@@](O)(C(=O)C(=O)N4CCCC[C@H]4C(=O)O[C@H](/C(C)=C/[C@@H]4CC[C@@H](O)[C@H](OC)C4)[C@H](C)[C@@H](O)CC2=O)[C@H](C)C[C@@H]3OC)C(=O)C[C@H](O)[C@@H](C)[C@@H](/C(C)=C/[C@@H]2CC[C@@H](O)[C@H](OC)C2)OC(=O)[C@@H]2CCCCN2C(=O)C(=O)[C@]2(O)O[C@H]1[C@@H](OC)C[C@H]2C. The number of fused-ring (bicyclic) bond motifs is 6. The molecule has 112 heavy (non-hydrogen) atoms. The Hall–Kier alpha value is -5.04. The van der Waals surface area contributed by atoms with Gasteiger partial charge in [0.25, 0.3) is 23.4 Å². The van der Waals surface area contributed by atoms with Crippen LogP contribution >= 0.6 is 0 Å². The summed E-state index contributed by atoms with van der Waals surface area (Å²) in [4.78, 5) is 122. The second-order valence-corrected chi connectivity index (χ2v) is 34.8. The Labute approximate surface area is 664 Å². The first-order valence-electron chi connectivity index (χ1n) is 41.6. The van der Waals surface area contributed by atoms with Gasteiger partial charge in [0.15, 0.2) is 0 Å². The molecule has 4 bridgehead atoms. The molecule has 2 saturated carbocycles. The zero-order valence-corrected chi connectivity index (χ0v) is 69.6. The highest BCUT2D eigenvalue weighted by Crippen LogP contribution is 2.43. The van der Waals surface area contributed by atoms with Crippen molar-refractivity contribution in [3.05, 3.63) is 46.6 Å². The summed E-state index contributed by atoms with van der Waals surface area (Å²) in [6.45, 7) is 18.1. The second-order valence-electron chi connectivity index (χ2n) is 34.8. The molecule has 4 saturated heterocycles. The molecule has 26 heteroatoms. The van der Waals surface area contributed by atoms with Gasteiger partial charge in [0.1, 0.15) is 48.1 Å². The highest BCUT2D eigenvalue weighted by atomic mass is 16.7. The Morgan fingerprint density at radius 1 is 0.455 bits per heavy atom. The molecule has 8 aliphatic rings. The summed E-state index contributed by atoms with van der Waals surface area (Å²) in [6, 6.07) is -2.52. The number of hydrogen-bond donors (Lipinski definition) is 6. The molecule has 0 radical (unpaired) electrons. The lowest BCUT2D eigenvalue weighted by Gasteiger charge is -2.47. The van der Waals surface area contributed by atoms with Crippen LogP contribution in [-0.2, 0) is 85.7 Å². The monoisotopic (exact) mass is 1580 g/mol. The molecule has 6 heterocycles. The van der Waals surface area contributed by atoms with E-state index in [1.54, 1.807) is 41.5 Å². The predicted molar refractivity (Wildman–Crippen MR) is 414 cm³/mol. The third-order valence-corrected chi connectivity index (χ3v) is 26.2. The Bertz CT molecular complexity index is 3110. The fourth-order valence-electron chi connectivity index (χ4n) is 19.3. The molecule has 6 N–H and O–H groups in total. The second kappa shape index (κ2) is 41.9. The van der Waals surface area contributed by atoms with Crippen LogP contribution in [0.3, 0.4) is 0 Å². The van der Waals surface area contributed by atoms with Crippen LogP contribution < -0.4 is 0 Å². The van der Waals surface area contributed by atoms with Crippen molar-refractivity contribution < 1.29 is 116 Å². The molecule has 2 aliphatic carbocycles. The molecule has 0 spiro atoms. The third-order valence-electron chi connectivity index (χ3n) is 26.2.